The number of Topliss-reactive ketones (excluding diaryl/α,β-unsaturated/α-hetero) is 1. The van der Waals surface area contributed by atoms with Crippen molar-refractivity contribution in [2.45, 2.75) is 51.6 Å². The van der Waals surface area contributed by atoms with E-state index in [-0.39, 0.29) is 11.4 Å². The molecule has 0 bridgehead atoms. The predicted molar refractivity (Wildman–Crippen MR) is 71.1 cm³/mol. The summed E-state index contributed by atoms with van der Waals surface area (Å²) < 4.78 is 6.24. The molecule has 2 N–H and O–H groups in total. The molecule has 0 saturated heterocycles. The first-order valence-electron chi connectivity index (χ1n) is 6.64. The van der Waals surface area contributed by atoms with E-state index in [1.165, 1.54) is 0 Å². The number of ether oxygens (including phenoxy) is 1. The van der Waals surface area contributed by atoms with E-state index in [0.29, 0.717) is 17.7 Å². The number of benzene rings is 1. The van der Waals surface area contributed by atoms with Gasteiger partial charge in [-0.15, -0.1) is 0 Å². The number of carbonyl (C=O) groups excluding carboxylic acids is 1. The molecule has 1 aliphatic carbocycles. The van der Waals surface area contributed by atoms with Crippen LogP contribution in [0.15, 0.2) is 6.07 Å². The molecule has 0 atom stereocenters. The number of carbonyl (C=O) groups is 1. The van der Waals surface area contributed by atoms with Crippen LogP contribution in [0.4, 0.5) is 5.69 Å². The Morgan fingerprint density at radius 2 is 1.89 bits per heavy atom. The molecule has 0 unspecified atom stereocenters. The lowest BCUT2D eigenvalue weighted by atomic mass is 9.86. The number of anilines is 1. The molecule has 1 aromatic carbocycles. The number of ketones is 1. The second-order valence-corrected chi connectivity index (χ2v) is 5.68. The van der Waals surface area contributed by atoms with Gasteiger partial charge in [0.1, 0.15) is 11.4 Å². The SMILES string of the molecule is Cc1c(N)cc2c(c1C)OC1(CCCC1)CC2=O. The molecule has 96 valence electrons. The minimum Gasteiger partial charge on any atom is -0.486 e. The molecule has 3 rings (SSSR count). The Labute approximate surface area is 107 Å². The Kier molecular flexibility index (Phi) is 2.40. The van der Waals surface area contributed by atoms with Gasteiger partial charge in [0.15, 0.2) is 5.78 Å². The number of hydrogen-bond acceptors (Lipinski definition) is 3. The largest absolute Gasteiger partial charge is 0.486 e. The van der Waals surface area contributed by atoms with Crippen LogP contribution in [-0.2, 0) is 0 Å². The van der Waals surface area contributed by atoms with Gasteiger partial charge in [-0.25, -0.2) is 0 Å². The van der Waals surface area contributed by atoms with Crippen LogP contribution in [0.25, 0.3) is 0 Å². The highest BCUT2D eigenvalue weighted by atomic mass is 16.5. The molecule has 0 radical (unpaired) electrons. The van der Waals surface area contributed by atoms with Crippen molar-refractivity contribution in [2.75, 3.05) is 5.73 Å². The average Bonchev–Trinajstić information content (AvgIpc) is 2.77. The minimum absolute atomic E-state index is 0.188. The van der Waals surface area contributed by atoms with Gasteiger partial charge >= 0.3 is 0 Å². The molecule has 1 heterocycles. The van der Waals surface area contributed by atoms with Gasteiger partial charge in [0.05, 0.1) is 12.0 Å². The third kappa shape index (κ3) is 1.53. The maximum Gasteiger partial charge on any atom is 0.170 e. The van der Waals surface area contributed by atoms with Crippen LogP contribution < -0.4 is 10.5 Å². The van der Waals surface area contributed by atoms with E-state index in [2.05, 4.69) is 0 Å². The molecule has 0 aromatic heterocycles. The molecule has 1 fully saturated rings. The molecule has 1 saturated carbocycles. The van der Waals surface area contributed by atoms with Gasteiger partial charge in [-0.2, -0.15) is 0 Å². The number of nitrogen functional groups attached to an aromatic ring is 1. The average molecular weight is 245 g/mol. The van der Waals surface area contributed by atoms with Crippen molar-refractivity contribution in [1.82, 2.24) is 0 Å². The van der Waals surface area contributed by atoms with Crippen LogP contribution in [0.5, 0.6) is 5.75 Å². The Balaban J connectivity index is 2.13. The van der Waals surface area contributed by atoms with E-state index in [1.807, 2.05) is 13.8 Å². The molecule has 2 aliphatic rings. The highest BCUT2D eigenvalue weighted by molar-refractivity contribution is 6.02. The molecule has 1 spiro atoms. The summed E-state index contributed by atoms with van der Waals surface area (Å²) in [6.45, 7) is 3.97. The highest BCUT2D eigenvalue weighted by Gasteiger charge is 2.43. The van der Waals surface area contributed by atoms with Gasteiger partial charge in [-0.3, -0.25) is 4.79 Å². The fourth-order valence-corrected chi connectivity index (χ4v) is 3.20. The molecule has 3 nitrogen and oxygen atoms in total. The number of rotatable bonds is 0. The lowest BCUT2D eigenvalue weighted by Gasteiger charge is -2.36. The monoisotopic (exact) mass is 245 g/mol. The summed E-state index contributed by atoms with van der Waals surface area (Å²) in [5, 5.41) is 0. The molecule has 3 heteroatoms. The quantitative estimate of drug-likeness (QED) is 0.714. The second-order valence-electron chi connectivity index (χ2n) is 5.68. The topological polar surface area (TPSA) is 52.3 Å². The van der Waals surface area contributed by atoms with E-state index in [4.69, 9.17) is 10.5 Å². The van der Waals surface area contributed by atoms with Gasteiger partial charge < -0.3 is 10.5 Å². The van der Waals surface area contributed by atoms with Gasteiger partial charge in [-0.05, 0) is 56.7 Å². The van der Waals surface area contributed by atoms with E-state index in [9.17, 15) is 4.79 Å². The zero-order valence-corrected chi connectivity index (χ0v) is 11.0. The maximum atomic E-state index is 12.3. The predicted octanol–water partition coefficient (Wildman–Crippen LogP) is 3.16. The van der Waals surface area contributed by atoms with E-state index in [0.717, 1.165) is 42.6 Å². The van der Waals surface area contributed by atoms with Crippen LogP contribution in [0.1, 0.15) is 53.6 Å². The van der Waals surface area contributed by atoms with Crippen LogP contribution in [0, 0.1) is 13.8 Å². The summed E-state index contributed by atoms with van der Waals surface area (Å²) in [5.41, 5.74) is 9.12. The molecule has 1 aliphatic heterocycles. The fourth-order valence-electron chi connectivity index (χ4n) is 3.20. The van der Waals surface area contributed by atoms with Crippen molar-refractivity contribution in [1.29, 1.82) is 0 Å². The highest BCUT2D eigenvalue weighted by Crippen LogP contribution is 2.45. The van der Waals surface area contributed by atoms with Gasteiger partial charge in [0.25, 0.3) is 0 Å². The number of nitrogens with two attached hydrogens (primary N) is 1. The molecule has 0 amide bonds. The maximum absolute atomic E-state index is 12.3. The normalized spacial score (nSPS) is 20.9. The molecule has 18 heavy (non-hydrogen) atoms. The van der Waals surface area contributed by atoms with Crippen LogP contribution in [-0.4, -0.2) is 11.4 Å². The Bertz CT molecular complexity index is 528. The third-order valence-corrected chi connectivity index (χ3v) is 4.50. The zero-order chi connectivity index (χ0) is 12.9. The lowest BCUT2D eigenvalue weighted by molar-refractivity contribution is 0.0445. The second kappa shape index (κ2) is 3.74. The number of hydrogen-bond donors (Lipinski definition) is 1. The van der Waals surface area contributed by atoms with Crippen LogP contribution >= 0.6 is 0 Å². The Hall–Kier alpha value is -1.51. The van der Waals surface area contributed by atoms with Crippen LogP contribution in [0.3, 0.4) is 0 Å². The van der Waals surface area contributed by atoms with Gasteiger partial charge in [0.2, 0.25) is 0 Å². The van der Waals surface area contributed by atoms with E-state index in [1.54, 1.807) is 6.07 Å². The summed E-state index contributed by atoms with van der Waals surface area (Å²) in [6.07, 6.45) is 4.84. The van der Waals surface area contributed by atoms with Crippen molar-refractivity contribution in [2.24, 2.45) is 0 Å². The first-order chi connectivity index (χ1) is 8.52. The van der Waals surface area contributed by atoms with Gasteiger partial charge in [0, 0.05) is 5.69 Å². The first kappa shape index (κ1) is 11.6. The minimum atomic E-state index is -0.225. The number of fused-ring (bicyclic) bond motifs is 1. The van der Waals surface area contributed by atoms with Crippen LogP contribution in [0.2, 0.25) is 0 Å². The third-order valence-electron chi connectivity index (χ3n) is 4.50. The molecule has 1 aromatic rings. The summed E-state index contributed by atoms with van der Waals surface area (Å²) in [6, 6.07) is 1.78. The Morgan fingerprint density at radius 3 is 2.56 bits per heavy atom. The first-order valence-corrected chi connectivity index (χ1v) is 6.64. The smallest absolute Gasteiger partial charge is 0.170 e. The molecular formula is C15H19NO2. The van der Waals surface area contributed by atoms with Crippen molar-refractivity contribution in [3.63, 3.8) is 0 Å². The van der Waals surface area contributed by atoms with E-state index < -0.39 is 0 Å². The Morgan fingerprint density at radius 1 is 1.22 bits per heavy atom. The fraction of sp³-hybridized carbons (Fsp3) is 0.533. The zero-order valence-electron chi connectivity index (χ0n) is 11.0. The van der Waals surface area contributed by atoms with Crippen molar-refractivity contribution < 1.29 is 9.53 Å². The standard InChI is InChI=1S/C15H19NO2/c1-9-10(2)14-11(7-12(9)16)13(17)8-15(18-14)5-3-4-6-15/h7H,3-6,8,16H2,1-2H3. The van der Waals surface area contributed by atoms with Crippen molar-refractivity contribution in [3.05, 3.63) is 22.8 Å². The lowest BCUT2D eigenvalue weighted by Crippen LogP contribution is -2.39. The summed E-state index contributed by atoms with van der Waals surface area (Å²) in [7, 11) is 0. The van der Waals surface area contributed by atoms with E-state index >= 15 is 0 Å². The summed E-state index contributed by atoms with van der Waals surface area (Å²) in [4.78, 5) is 12.3. The van der Waals surface area contributed by atoms with Gasteiger partial charge in [-0.1, -0.05) is 0 Å². The summed E-state index contributed by atoms with van der Waals surface area (Å²) >= 11 is 0. The molecular weight excluding hydrogens is 226 g/mol. The van der Waals surface area contributed by atoms with Crippen molar-refractivity contribution >= 4 is 11.5 Å². The van der Waals surface area contributed by atoms with Crippen molar-refractivity contribution in [3.8, 4) is 5.75 Å². The summed E-state index contributed by atoms with van der Waals surface area (Å²) in [5.74, 6) is 0.966.